The van der Waals surface area contributed by atoms with E-state index in [-0.39, 0.29) is 5.56 Å². The zero-order chi connectivity index (χ0) is 20.3. The lowest BCUT2D eigenvalue weighted by Crippen LogP contribution is -2.16. The van der Waals surface area contributed by atoms with E-state index < -0.39 is 12.1 Å². The van der Waals surface area contributed by atoms with E-state index in [1.54, 1.807) is 22.9 Å². The van der Waals surface area contributed by atoms with Crippen molar-refractivity contribution in [2.45, 2.75) is 26.0 Å². The number of hydrogen-bond donors (Lipinski definition) is 2. The van der Waals surface area contributed by atoms with Gasteiger partial charge in [-0.05, 0) is 48.4 Å². The highest BCUT2D eigenvalue weighted by Gasteiger charge is 2.18. The van der Waals surface area contributed by atoms with Gasteiger partial charge in [-0.3, -0.25) is 4.68 Å². The average Bonchev–Trinajstić information content (AvgIpc) is 3.11. The van der Waals surface area contributed by atoms with Gasteiger partial charge in [0.15, 0.2) is 0 Å². The van der Waals surface area contributed by atoms with Crippen molar-refractivity contribution in [3.63, 3.8) is 0 Å². The van der Waals surface area contributed by atoms with Crippen molar-refractivity contribution in [1.29, 1.82) is 0 Å². The molecule has 7 heteroatoms. The first-order chi connectivity index (χ1) is 13.4. The zero-order valence-corrected chi connectivity index (χ0v) is 16.3. The smallest absolute Gasteiger partial charge is 0.335 e. The molecule has 3 aromatic rings. The van der Waals surface area contributed by atoms with Crippen LogP contribution in [0, 0.1) is 0 Å². The van der Waals surface area contributed by atoms with E-state index in [1.807, 2.05) is 25.1 Å². The molecule has 0 saturated carbocycles. The van der Waals surface area contributed by atoms with Crippen LogP contribution in [0.25, 0.3) is 22.5 Å². The van der Waals surface area contributed by atoms with Gasteiger partial charge in [-0.15, -0.1) is 0 Å². The largest absolute Gasteiger partial charge is 0.496 e. The minimum absolute atomic E-state index is 0.145. The van der Waals surface area contributed by atoms with E-state index in [1.165, 1.54) is 19.2 Å². The van der Waals surface area contributed by atoms with Crippen molar-refractivity contribution >= 4 is 17.6 Å². The molecule has 0 fully saturated rings. The van der Waals surface area contributed by atoms with E-state index in [4.69, 9.17) is 16.3 Å². The van der Waals surface area contributed by atoms with Crippen LogP contribution >= 0.6 is 11.6 Å². The number of halogens is 1. The number of aliphatic hydroxyl groups is 1. The molecule has 0 aliphatic heterocycles. The van der Waals surface area contributed by atoms with E-state index in [9.17, 15) is 15.0 Å². The van der Waals surface area contributed by atoms with Gasteiger partial charge < -0.3 is 14.9 Å². The number of aromatic nitrogens is 2. The molecule has 6 nitrogen and oxygen atoms in total. The number of rotatable bonds is 7. The lowest BCUT2D eigenvalue weighted by Gasteiger charge is -2.11. The molecule has 1 atom stereocenters. The molecule has 146 valence electrons. The van der Waals surface area contributed by atoms with E-state index in [0.717, 1.165) is 11.3 Å². The Labute approximate surface area is 168 Å². The third kappa shape index (κ3) is 4.18. The molecule has 0 unspecified atom stereocenters. The van der Waals surface area contributed by atoms with Crippen LogP contribution in [0.15, 0.2) is 48.5 Å². The fraction of sp³-hybridized carbons (Fsp3) is 0.238. The minimum Gasteiger partial charge on any atom is -0.496 e. The maximum absolute atomic E-state index is 11.4. The number of nitrogens with zero attached hydrogens (tertiary/aromatic N) is 2. The van der Waals surface area contributed by atoms with Gasteiger partial charge in [0.05, 0.1) is 36.7 Å². The summed E-state index contributed by atoms with van der Waals surface area (Å²) in [5, 5.41) is 24.7. The highest BCUT2D eigenvalue weighted by atomic mass is 35.5. The molecule has 0 aliphatic carbocycles. The Bertz CT molecular complexity index is 983. The molecule has 0 spiro atoms. The number of carboxylic acid groups (broad SMARTS) is 1. The molecule has 28 heavy (non-hydrogen) atoms. The predicted molar refractivity (Wildman–Crippen MR) is 108 cm³/mol. The van der Waals surface area contributed by atoms with Crippen LogP contribution in [0.4, 0.5) is 0 Å². The molecule has 2 aromatic carbocycles. The first kappa shape index (κ1) is 19.9. The van der Waals surface area contributed by atoms with Crippen molar-refractivity contribution in [3.05, 3.63) is 59.1 Å². The second-order valence-corrected chi connectivity index (χ2v) is 6.82. The summed E-state index contributed by atoms with van der Waals surface area (Å²) in [7, 11) is 1.53. The van der Waals surface area contributed by atoms with Crippen LogP contribution in [0.1, 0.15) is 23.7 Å². The standard InChI is InChI=1S/C21H21ClN2O4/c1-3-16(25)12-24-19(13-4-7-15(22)8-5-13)11-18(23-24)17-10-14(21(26)27)6-9-20(17)28-2/h4-11,16,25H,3,12H2,1-2H3,(H,26,27)/t16-/m1/s1. The van der Waals surface area contributed by atoms with Gasteiger partial charge in [-0.2, -0.15) is 5.10 Å². The van der Waals surface area contributed by atoms with E-state index in [0.29, 0.717) is 35.0 Å². The SMILES string of the molecule is CC[C@@H](O)Cn1nc(-c2cc(C(=O)O)ccc2OC)cc1-c1ccc(Cl)cc1. The van der Waals surface area contributed by atoms with Crippen LogP contribution < -0.4 is 4.74 Å². The number of carboxylic acids is 1. The van der Waals surface area contributed by atoms with Gasteiger partial charge in [-0.1, -0.05) is 30.7 Å². The Kier molecular flexibility index (Phi) is 6.02. The van der Waals surface area contributed by atoms with Crippen LogP contribution in [0.3, 0.4) is 0 Å². The molecule has 3 rings (SSSR count). The van der Waals surface area contributed by atoms with Crippen LogP contribution in [-0.2, 0) is 6.54 Å². The number of benzene rings is 2. The van der Waals surface area contributed by atoms with Crippen LogP contribution in [-0.4, -0.2) is 39.2 Å². The number of ether oxygens (including phenoxy) is 1. The Morgan fingerprint density at radius 1 is 1.21 bits per heavy atom. The van der Waals surface area contributed by atoms with Crippen molar-refractivity contribution in [2.24, 2.45) is 0 Å². The van der Waals surface area contributed by atoms with E-state index >= 15 is 0 Å². The second kappa shape index (κ2) is 8.46. The normalized spacial score (nSPS) is 12.0. The third-order valence-corrected chi connectivity index (χ3v) is 4.75. The lowest BCUT2D eigenvalue weighted by molar-refractivity contribution is 0.0697. The second-order valence-electron chi connectivity index (χ2n) is 6.39. The van der Waals surface area contributed by atoms with Gasteiger partial charge in [0.25, 0.3) is 0 Å². The highest BCUT2D eigenvalue weighted by molar-refractivity contribution is 6.30. The van der Waals surface area contributed by atoms with Gasteiger partial charge in [0, 0.05) is 10.6 Å². The molecule has 0 aliphatic rings. The zero-order valence-electron chi connectivity index (χ0n) is 15.6. The molecule has 0 amide bonds. The topological polar surface area (TPSA) is 84.6 Å². The van der Waals surface area contributed by atoms with Gasteiger partial charge in [0.2, 0.25) is 0 Å². The summed E-state index contributed by atoms with van der Waals surface area (Å²) in [6, 6.07) is 13.8. The highest BCUT2D eigenvalue weighted by Crippen LogP contribution is 2.33. The van der Waals surface area contributed by atoms with Crippen molar-refractivity contribution in [1.82, 2.24) is 9.78 Å². The summed E-state index contributed by atoms with van der Waals surface area (Å²) in [6.07, 6.45) is 0.0404. The fourth-order valence-electron chi connectivity index (χ4n) is 2.91. The Balaban J connectivity index is 2.15. The Hall–Kier alpha value is -2.83. The number of hydrogen-bond acceptors (Lipinski definition) is 4. The summed E-state index contributed by atoms with van der Waals surface area (Å²) in [4.78, 5) is 11.4. The van der Waals surface area contributed by atoms with Gasteiger partial charge in [-0.25, -0.2) is 4.79 Å². The quantitative estimate of drug-likeness (QED) is 0.616. The minimum atomic E-state index is -1.03. The molecule has 0 bridgehead atoms. The summed E-state index contributed by atoms with van der Waals surface area (Å²) >= 11 is 6.00. The molecule has 1 aromatic heterocycles. The number of aliphatic hydroxyl groups excluding tert-OH is 1. The van der Waals surface area contributed by atoms with Crippen LogP contribution in [0.5, 0.6) is 5.75 Å². The van der Waals surface area contributed by atoms with Crippen molar-refractivity contribution in [2.75, 3.05) is 7.11 Å². The summed E-state index contributed by atoms with van der Waals surface area (Å²) < 4.78 is 7.12. The summed E-state index contributed by atoms with van der Waals surface area (Å²) in [5.41, 5.74) is 2.96. The monoisotopic (exact) mass is 400 g/mol. The maximum atomic E-state index is 11.4. The number of carbonyl (C=O) groups is 1. The molecular formula is C21H21ClN2O4. The summed E-state index contributed by atoms with van der Waals surface area (Å²) in [5.74, 6) is -0.504. The molecular weight excluding hydrogens is 380 g/mol. The summed E-state index contributed by atoms with van der Waals surface area (Å²) in [6.45, 7) is 2.21. The van der Waals surface area contributed by atoms with Crippen molar-refractivity contribution < 1.29 is 19.7 Å². The predicted octanol–water partition coefficient (Wildman–Crippen LogP) is 4.35. The van der Waals surface area contributed by atoms with Crippen LogP contribution in [0.2, 0.25) is 5.02 Å². The van der Waals surface area contributed by atoms with Gasteiger partial charge >= 0.3 is 5.97 Å². The lowest BCUT2D eigenvalue weighted by atomic mass is 10.1. The molecule has 0 radical (unpaired) electrons. The molecule has 1 heterocycles. The molecule has 0 saturated heterocycles. The fourth-order valence-corrected chi connectivity index (χ4v) is 3.04. The Morgan fingerprint density at radius 3 is 2.54 bits per heavy atom. The number of methoxy groups -OCH3 is 1. The van der Waals surface area contributed by atoms with Crippen molar-refractivity contribution in [3.8, 4) is 28.3 Å². The first-order valence-electron chi connectivity index (χ1n) is 8.86. The number of aromatic carboxylic acids is 1. The van der Waals surface area contributed by atoms with E-state index in [2.05, 4.69) is 5.10 Å². The Morgan fingerprint density at radius 2 is 1.93 bits per heavy atom. The third-order valence-electron chi connectivity index (χ3n) is 4.50. The first-order valence-corrected chi connectivity index (χ1v) is 9.24. The molecule has 2 N–H and O–H groups in total. The van der Waals surface area contributed by atoms with Gasteiger partial charge in [0.1, 0.15) is 5.75 Å². The maximum Gasteiger partial charge on any atom is 0.335 e. The average molecular weight is 401 g/mol.